The molecule has 9 rings (SSSR count). The Balaban J connectivity index is 1.24. The van der Waals surface area contributed by atoms with Crippen molar-refractivity contribution in [1.82, 2.24) is 0 Å². The Morgan fingerprint density at radius 1 is 0.511 bits per heavy atom. The monoisotopic (exact) mass is 593 g/mol. The molecule has 2 heteroatoms. The summed E-state index contributed by atoms with van der Waals surface area (Å²) in [6.07, 6.45) is 9.11. The van der Waals surface area contributed by atoms with E-state index in [0.717, 1.165) is 11.4 Å². The molecule has 0 bridgehead atoms. The Morgan fingerprint density at radius 3 is 1.78 bits per heavy atom. The number of fused-ring (bicyclic) bond motifs is 9. The molecule has 0 saturated heterocycles. The SMILES string of the molecule is CC12C=CC=CC1c1ccc(N(c3ccc(-c4ccccc4)cc3)c3ccc4c5ccccc5c5ccccc5c4c3)cc1S2. The Hall–Kier alpha value is -5.05. The summed E-state index contributed by atoms with van der Waals surface area (Å²) < 4.78 is 0.0563. The second-order valence-electron chi connectivity index (χ2n) is 12.3. The molecule has 0 amide bonds. The molecule has 0 fully saturated rings. The first-order chi connectivity index (χ1) is 22.2. The van der Waals surface area contributed by atoms with Crippen molar-refractivity contribution >= 4 is 61.1 Å². The van der Waals surface area contributed by atoms with Gasteiger partial charge in [0, 0.05) is 32.6 Å². The lowest BCUT2D eigenvalue weighted by Crippen LogP contribution is -2.22. The molecular formula is C43H31NS. The summed E-state index contributed by atoms with van der Waals surface area (Å²) in [7, 11) is 0. The van der Waals surface area contributed by atoms with Crippen LogP contribution in [0.25, 0.3) is 43.4 Å². The van der Waals surface area contributed by atoms with Crippen LogP contribution in [0.2, 0.25) is 0 Å². The van der Waals surface area contributed by atoms with Gasteiger partial charge in [0.25, 0.3) is 0 Å². The molecule has 0 saturated carbocycles. The standard InChI is InChI=1S/C43H31NS/c1-43-26-10-9-17-41(43)39-25-23-33(28-42(39)45-43)44(31-20-18-30(19-21-31)29-11-3-2-4-12-29)32-22-24-38-36-15-6-5-13-34(36)35-14-7-8-16-37(35)40(38)27-32/h2-28,41H,1H3. The number of nitrogens with zero attached hydrogens (tertiary/aromatic N) is 1. The van der Waals surface area contributed by atoms with Gasteiger partial charge in [-0.25, -0.2) is 0 Å². The molecule has 2 unspecified atom stereocenters. The van der Waals surface area contributed by atoms with E-state index in [2.05, 4.69) is 176 Å². The van der Waals surface area contributed by atoms with Gasteiger partial charge in [0.05, 0.1) is 0 Å². The molecule has 0 aromatic heterocycles. The molecule has 1 nitrogen and oxygen atoms in total. The number of thioether (sulfide) groups is 1. The number of anilines is 3. The van der Waals surface area contributed by atoms with Crippen molar-refractivity contribution in [3.8, 4) is 11.1 Å². The minimum absolute atomic E-state index is 0.0563. The highest BCUT2D eigenvalue weighted by Gasteiger charge is 2.41. The van der Waals surface area contributed by atoms with E-state index in [1.54, 1.807) is 0 Å². The van der Waals surface area contributed by atoms with Crippen LogP contribution >= 0.6 is 11.8 Å². The maximum atomic E-state index is 2.43. The Morgan fingerprint density at radius 2 is 1.07 bits per heavy atom. The minimum Gasteiger partial charge on any atom is -0.310 e. The van der Waals surface area contributed by atoms with Crippen LogP contribution in [0.1, 0.15) is 18.4 Å². The lowest BCUT2D eigenvalue weighted by Gasteiger charge is -2.27. The molecule has 1 aliphatic heterocycles. The van der Waals surface area contributed by atoms with E-state index in [0.29, 0.717) is 5.92 Å². The predicted molar refractivity (Wildman–Crippen MR) is 194 cm³/mol. The third-order valence-electron chi connectivity index (χ3n) is 9.60. The molecule has 7 aromatic rings. The van der Waals surface area contributed by atoms with E-state index in [1.807, 2.05) is 11.8 Å². The van der Waals surface area contributed by atoms with Gasteiger partial charge in [-0.05, 0) is 92.3 Å². The quantitative estimate of drug-likeness (QED) is 0.187. The fourth-order valence-corrected chi connectivity index (χ4v) is 8.83. The van der Waals surface area contributed by atoms with Gasteiger partial charge in [0.15, 0.2) is 0 Å². The molecule has 1 aliphatic carbocycles. The number of benzene rings is 7. The molecular weight excluding hydrogens is 563 g/mol. The lowest BCUT2D eigenvalue weighted by atomic mass is 9.84. The summed E-state index contributed by atoms with van der Waals surface area (Å²) in [6, 6.07) is 51.3. The molecule has 2 atom stereocenters. The normalized spacial score (nSPS) is 18.4. The number of allylic oxidation sites excluding steroid dienone is 3. The van der Waals surface area contributed by atoms with Crippen LogP contribution in [0.4, 0.5) is 17.1 Å². The summed E-state index contributed by atoms with van der Waals surface area (Å²) in [4.78, 5) is 3.79. The smallest absolute Gasteiger partial charge is 0.0472 e. The van der Waals surface area contributed by atoms with Gasteiger partial charge in [0.2, 0.25) is 0 Å². The molecule has 0 N–H and O–H groups in total. The summed E-state index contributed by atoms with van der Waals surface area (Å²) in [5.41, 5.74) is 7.34. The lowest BCUT2D eigenvalue weighted by molar-refractivity contribution is 0.702. The Kier molecular flexibility index (Phi) is 6.01. The van der Waals surface area contributed by atoms with Crippen molar-refractivity contribution in [3.05, 3.63) is 169 Å². The van der Waals surface area contributed by atoms with Crippen LogP contribution in [0.15, 0.2) is 169 Å². The topological polar surface area (TPSA) is 3.24 Å². The molecule has 2 aliphatic rings. The Bertz CT molecular complexity index is 2280. The molecule has 0 spiro atoms. The van der Waals surface area contributed by atoms with Crippen LogP contribution in [0, 0.1) is 0 Å². The molecule has 7 aromatic carbocycles. The third kappa shape index (κ3) is 4.24. The van der Waals surface area contributed by atoms with Gasteiger partial charge in [0.1, 0.15) is 0 Å². The van der Waals surface area contributed by atoms with E-state index in [-0.39, 0.29) is 4.75 Å². The van der Waals surface area contributed by atoms with Crippen LogP contribution < -0.4 is 4.90 Å². The maximum Gasteiger partial charge on any atom is 0.0472 e. The Labute approximate surface area is 268 Å². The van der Waals surface area contributed by atoms with Crippen molar-refractivity contribution in [1.29, 1.82) is 0 Å². The maximum absolute atomic E-state index is 2.43. The van der Waals surface area contributed by atoms with Crippen LogP contribution in [0.3, 0.4) is 0 Å². The summed E-state index contributed by atoms with van der Waals surface area (Å²) in [5.74, 6) is 0.399. The molecule has 214 valence electrons. The van der Waals surface area contributed by atoms with Gasteiger partial charge in [-0.1, -0.05) is 127 Å². The molecule has 1 heterocycles. The van der Waals surface area contributed by atoms with Crippen LogP contribution in [0.5, 0.6) is 0 Å². The minimum atomic E-state index is 0.0563. The van der Waals surface area contributed by atoms with Crippen LogP contribution in [-0.2, 0) is 0 Å². The average molecular weight is 594 g/mol. The van der Waals surface area contributed by atoms with Gasteiger partial charge < -0.3 is 4.90 Å². The predicted octanol–water partition coefficient (Wildman–Crippen LogP) is 12.4. The first-order valence-corrected chi connectivity index (χ1v) is 16.5. The fraction of sp³-hybridized carbons (Fsp3) is 0.0698. The van der Waals surface area contributed by atoms with Crippen molar-refractivity contribution in [3.63, 3.8) is 0 Å². The fourth-order valence-electron chi connectivity index (χ4n) is 7.39. The van der Waals surface area contributed by atoms with Gasteiger partial charge in [-0.15, -0.1) is 11.8 Å². The van der Waals surface area contributed by atoms with Gasteiger partial charge in [-0.2, -0.15) is 0 Å². The summed E-state index contributed by atoms with van der Waals surface area (Å²) in [6.45, 7) is 2.36. The van der Waals surface area contributed by atoms with Crippen molar-refractivity contribution in [2.75, 3.05) is 4.90 Å². The van der Waals surface area contributed by atoms with Crippen molar-refractivity contribution in [2.24, 2.45) is 0 Å². The zero-order valence-corrected chi connectivity index (χ0v) is 25.8. The number of hydrogen-bond acceptors (Lipinski definition) is 2. The first kappa shape index (κ1) is 26.4. The summed E-state index contributed by atoms with van der Waals surface area (Å²) >= 11 is 1.99. The summed E-state index contributed by atoms with van der Waals surface area (Å²) in [5, 5.41) is 7.73. The van der Waals surface area contributed by atoms with Gasteiger partial charge in [-0.3, -0.25) is 0 Å². The average Bonchev–Trinajstić information content (AvgIpc) is 3.40. The highest BCUT2D eigenvalue weighted by molar-refractivity contribution is 8.01. The van der Waals surface area contributed by atoms with Crippen molar-refractivity contribution in [2.45, 2.75) is 22.5 Å². The molecule has 0 radical (unpaired) electrons. The van der Waals surface area contributed by atoms with Gasteiger partial charge >= 0.3 is 0 Å². The van der Waals surface area contributed by atoms with E-state index >= 15 is 0 Å². The second-order valence-corrected chi connectivity index (χ2v) is 13.8. The second kappa shape index (κ2) is 10.3. The van der Waals surface area contributed by atoms with Crippen LogP contribution in [-0.4, -0.2) is 4.75 Å². The zero-order chi connectivity index (χ0) is 30.0. The third-order valence-corrected chi connectivity index (χ3v) is 11.0. The number of rotatable bonds is 4. The zero-order valence-electron chi connectivity index (χ0n) is 25.0. The van der Waals surface area contributed by atoms with E-state index < -0.39 is 0 Å². The van der Waals surface area contributed by atoms with E-state index in [4.69, 9.17) is 0 Å². The van der Waals surface area contributed by atoms with Crippen molar-refractivity contribution < 1.29 is 0 Å². The van der Waals surface area contributed by atoms with E-state index in [9.17, 15) is 0 Å². The van der Waals surface area contributed by atoms with E-state index in [1.165, 1.54) is 59.6 Å². The largest absolute Gasteiger partial charge is 0.310 e. The highest BCUT2D eigenvalue weighted by Crippen LogP contribution is 2.57. The number of hydrogen-bond donors (Lipinski definition) is 0. The first-order valence-electron chi connectivity index (χ1n) is 15.6. The highest BCUT2D eigenvalue weighted by atomic mass is 32.2. The molecule has 45 heavy (non-hydrogen) atoms.